The summed E-state index contributed by atoms with van der Waals surface area (Å²) in [4.78, 5) is 12.1. The summed E-state index contributed by atoms with van der Waals surface area (Å²) in [5.41, 5.74) is 4.05. The fraction of sp³-hybridized carbons (Fsp3) is 0.0952. The minimum absolute atomic E-state index is 0.0737. The average Bonchev–Trinajstić information content (AvgIpc) is 3.01. The molecule has 0 bridgehead atoms. The molecule has 0 aromatic heterocycles. The Hall–Kier alpha value is -3.41. The number of fused-ring (bicyclic) bond motifs is 3. The van der Waals surface area contributed by atoms with Crippen LogP contribution in [0.15, 0.2) is 60.7 Å². The molecule has 0 saturated carbocycles. The number of halogens is 2. The molecule has 0 spiro atoms. The highest BCUT2D eigenvalue weighted by molar-refractivity contribution is 5.87. The summed E-state index contributed by atoms with van der Waals surface area (Å²) in [6, 6.07) is 17.7. The van der Waals surface area contributed by atoms with Gasteiger partial charge in [0.2, 0.25) is 5.82 Å². The lowest BCUT2D eigenvalue weighted by molar-refractivity contribution is 0.158. The van der Waals surface area contributed by atoms with Gasteiger partial charge in [-0.2, -0.15) is 4.39 Å². The van der Waals surface area contributed by atoms with E-state index in [1.165, 1.54) is 0 Å². The fourth-order valence-corrected chi connectivity index (χ4v) is 3.39. The zero-order chi connectivity index (χ0) is 19.0. The van der Waals surface area contributed by atoms with Crippen LogP contribution < -0.4 is 5.32 Å². The van der Waals surface area contributed by atoms with Gasteiger partial charge >= 0.3 is 6.09 Å². The zero-order valence-electron chi connectivity index (χ0n) is 14.1. The number of amides is 1. The maximum Gasteiger partial charge on any atom is 0.411 e. The second-order valence-corrected chi connectivity index (χ2v) is 6.21. The first-order valence-electron chi connectivity index (χ1n) is 8.35. The van der Waals surface area contributed by atoms with E-state index in [4.69, 9.17) is 4.74 Å². The van der Waals surface area contributed by atoms with E-state index < -0.39 is 23.5 Å². The van der Waals surface area contributed by atoms with Gasteiger partial charge in [-0.25, -0.2) is 9.18 Å². The molecule has 0 atom stereocenters. The largest absolute Gasteiger partial charge is 0.503 e. The van der Waals surface area contributed by atoms with Gasteiger partial charge in [-0.05, 0) is 34.4 Å². The Labute approximate surface area is 154 Å². The van der Waals surface area contributed by atoms with Crippen LogP contribution in [0.2, 0.25) is 0 Å². The van der Waals surface area contributed by atoms with Crippen LogP contribution >= 0.6 is 0 Å². The standard InChI is InChI=1S/C21H15F2NO3/c22-17-9-10-18(20(25)19(17)23)24-21(26)27-11-16-14-7-3-1-5-12(14)13-6-2-4-8-15(13)16/h1-10,16,25H,11H2,(H,24,26). The lowest BCUT2D eigenvalue weighted by Gasteiger charge is -2.15. The monoisotopic (exact) mass is 367 g/mol. The maximum absolute atomic E-state index is 13.4. The van der Waals surface area contributed by atoms with E-state index in [2.05, 4.69) is 5.32 Å². The van der Waals surface area contributed by atoms with Crippen molar-refractivity contribution in [2.24, 2.45) is 0 Å². The van der Waals surface area contributed by atoms with Crippen LogP contribution in [0.4, 0.5) is 19.3 Å². The molecule has 1 amide bonds. The normalized spacial score (nSPS) is 12.4. The minimum Gasteiger partial charge on any atom is -0.503 e. The van der Waals surface area contributed by atoms with Crippen molar-refractivity contribution >= 4 is 11.8 Å². The number of ether oxygens (including phenoxy) is 1. The summed E-state index contributed by atoms with van der Waals surface area (Å²) in [6.07, 6.45) is -0.863. The van der Waals surface area contributed by atoms with Crippen molar-refractivity contribution in [1.29, 1.82) is 0 Å². The number of nitrogens with one attached hydrogen (secondary N) is 1. The molecule has 0 radical (unpaired) electrons. The lowest BCUT2D eigenvalue weighted by Crippen LogP contribution is -2.18. The highest BCUT2D eigenvalue weighted by Crippen LogP contribution is 2.44. The smallest absolute Gasteiger partial charge is 0.411 e. The third kappa shape index (κ3) is 2.99. The Bertz CT molecular complexity index is 990. The number of anilines is 1. The van der Waals surface area contributed by atoms with Crippen LogP contribution in [0, 0.1) is 11.6 Å². The predicted octanol–water partition coefficient (Wildman–Crippen LogP) is 5.03. The van der Waals surface area contributed by atoms with Crippen molar-refractivity contribution in [3.05, 3.63) is 83.4 Å². The van der Waals surface area contributed by atoms with Crippen LogP contribution in [0.3, 0.4) is 0 Å². The number of aromatic hydroxyl groups is 1. The topological polar surface area (TPSA) is 58.6 Å². The van der Waals surface area contributed by atoms with Gasteiger partial charge < -0.3 is 9.84 Å². The molecule has 3 aromatic carbocycles. The molecule has 0 heterocycles. The van der Waals surface area contributed by atoms with Gasteiger partial charge in [-0.1, -0.05) is 48.5 Å². The molecule has 0 aliphatic heterocycles. The molecule has 6 heteroatoms. The summed E-state index contributed by atoms with van der Waals surface area (Å²) < 4.78 is 31.7. The Morgan fingerprint density at radius 3 is 2.19 bits per heavy atom. The third-order valence-electron chi connectivity index (χ3n) is 4.65. The molecule has 2 N–H and O–H groups in total. The summed E-state index contributed by atoms with van der Waals surface area (Å²) in [5.74, 6) is -3.72. The molecule has 4 rings (SSSR count). The van der Waals surface area contributed by atoms with Crippen molar-refractivity contribution in [3.63, 3.8) is 0 Å². The third-order valence-corrected chi connectivity index (χ3v) is 4.65. The van der Waals surface area contributed by atoms with E-state index in [0.29, 0.717) is 0 Å². The number of phenolic OH excluding ortho intramolecular Hbond substituents is 1. The molecule has 3 aromatic rings. The van der Waals surface area contributed by atoms with Crippen LogP contribution in [-0.2, 0) is 4.74 Å². The van der Waals surface area contributed by atoms with E-state index >= 15 is 0 Å². The molecule has 0 saturated heterocycles. The SMILES string of the molecule is O=C(Nc1ccc(F)c(F)c1O)OCC1c2ccccc2-c2ccccc21. The second-order valence-electron chi connectivity index (χ2n) is 6.21. The van der Waals surface area contributed by atoms with Gasteiger partial charge in [-0.3, -0.25) is 5.32 Å². The fourth-order valence-electron chi connectivity index (χ4n) is 3.39. The Balaban J connectivity index is 1.51. The molecular weight excluding hydrogens is 352 g/mol. The first-order chi connectivity index (χ1) is 13.1. The molecule has 1 aliphatic carbocycles. The predicted molar refractivity (Wildman–Crippen MR) is 96.7 cm³/mol. The number of hydrogen-bond donors (Lipinski definition) is 2. The number of carbonyl (C=O) groups excluding carboxylic acids is 1. The first-order valence-corrected chi connectivity index (χ1v) is 8.35. The molecular formula is C21H15F2NO3. The van der Waals surface area contributed by atoms with Crippen molar-refractivity contribution in [2.75, 3.05) is 11.9 Å². The molecule has 4 nitrogen and oxygen atoms in total. The highest BCUT2D eigenvalue weighted by atomic mass is 19.2. The van der Waals surface area contributed by atoms with Crippen LogP contribution in [0.5, 0.6) is 5.75 Å². The van der Waals surface area contributed by atoms with E-state index in [1.807, 2.05) is 48.5 Å². The first kappa shape index (κ1) is 17.0. The van der Waals surface area contributed by atoms with Gasteiger partial charge in [0.05, 0.1) is 5.69 Å². The molecule has 136 valence electrons. The quantitative estimate of drug-likeness (QED) is 0.638. The molecule has 27 heavy (non-hydrogen) atoms. The number of benzene rings is 3. The molecule has 0 fully saturated rings. The van der Waals surface area contributed by atoms with E-state index in [9.17, 15) is 18.7 Å². The van der Waals surface area contributed by atoms with Gasteiger partial charge in [0.25, 0.3) is 0 Å². The second kappa shape index (κ2) is 6.72. The van der Waals surface area contributed by atoms with Gasteiger partial charge in [0, 0.05) is 5.92 Å². The van der Waals surface area contributed by atoms with Crippen molar-refractivity contribution in [1.82, 2.24) is 0 Å². The van der Waals surface area contributed by atoms with Gasteiger partial charge in [-0.15, -0.1) is 0 Å². The van der Waals surface area contributed by atoms with E-state index in [1.54, 1.807) is 0 Å². The molecule has 1 aliphatic rings. The summed E-state index contributed by atoms with van der Waals surface area (Å²) in [5, 5.41) is 11.8. The summed E-state index contributed by atoms with van der Waals surface area (Å²) in [6.45, 7) is 0.0737. The lowest BCUT2D eigenvalue weighted by atomic mass is 9.98. The van der Waals surface area contributed by atoms with Crippen LogP contribution in [-0.4, -0.2) is 17.8 Å². The van der Waals surface area contributed by atoms with Crippen LogP contribution in [0.1, 0.15) is 17.0 Å². The van der Waals surface area contributed by atoms with Crippen molar-refractivity contribution in [3.8, 4) is 16.9 Å². The average molecular weight is 367 g/mol. The Morgan fingerprint density at radius 1 is 0.963 bits per heavy atom. The Kier molecular flexibility index (Phi) is 4.24. The number of rotatable bonds is 3. The number of hydrogen-bond acceptors (Lipinski definition) is 3. The van der Waals surface area contributed by atoms with Crippen molar-refractivity contribution in [2.45, 2.75) is 5.92 Å². The Morgan fingerprint density at radius 2 is 1.56 bits per heavy atom. The van der Waals surface area contributed by atoms with E-state index in [-0.39, 0.29) is 18.2 Å². The summed E-state index contributed by atoms with van der Waals surface area (Å²) >= 11 is 0. The highest BCUT2D eigenvalue weighted by Gasteiger charge is 2.29. The zero-order valence-corrected chi connectivity index (χ0v) is 14.1. The summed E-state index contributed by atoms with van der Waals surface area (Å²) in [7, 11) is 0. The van der Waals surface area contributed by atoms with E-state index in [0.717, 1.165) is 34.4 Å². The maximum atomic E-state index is 13.4. The van der Waals surface area contributed by atoms with Gasteiger partial charge in [0.1, 0.15) is 6.61 Å². The molecule has 0 unspecified atom stereocenters. The van der Waals surface area contributed by atoms with Crippen LogP contribution in [0.25, 0.3) is 11.1 Å². The minimum atomic E-state index is -1.42. The van der Waals surface area contributed by atoms with Crippen molar-refractivity contribution < 1.29 is 23.4 Å². The van der Waals surface area contributed by atoms with Gasteiger partial charge in [0.15, 0.2) is 11.6 Å². The number of carbonyl (C=O) groups is 1. The number of phenols is 1.